The number of carbonyl (C=O) groups excluding carboxylic acids is 1. The zero-order valence-corrected chi connectivity index (χ0v) is 14.7. The smallest absolute Gasteiger partial charge is 0.253 e. The van der Waals surface area contributed by atoms with Crippen LogP contribution >= 0.6 is 0 Å². The number of hydrogen-bond acceptors (Lipinski definition) is 5. The number of amides is 1. The molecule has 26 heavy (non-hydrogen) atoms. The van der Waals surface area contributed by atoms with E-state index < -0.39 is 0 Å². The van der Waals surface area contributed by atoms with Gasteiger partial charge in [0.15, 0.2) is 5.82 Å². The molecule has 4 rings (SSSR count). The molecule has 1 aliphatic heterocycles. The summed E-state index contributed by atoms with van der Waals surface area (Å²) < 4.78 is 0. The Kier molecular flexibility index (Phi) is 4.48. The van der Waals surface area contributed by atoms with Crippen LogP contribution < -0.4 is 10.2 Å². The largest absolute Gasteiger partial charge is 0.353 e. The number of carbonyl (C=O) groups is 1. The molecule has 0 spiro atoms. The molecule has 0 bridgehead atoms. The van der Waals surface area contributed by atoms with Crippen LogP contribution in [0.1, 0.15) is 28.9 Å². The molecule has 6 heteroatoms. The van der Waals surface area contributed by atoms with Crippen molar-refractivity contribution in [2.75, 3.05) is 18.0 Å². The third-order valence-corrected chi connectivity index (χ3v) is 4.83. The zero-order chi connectivity index (χ0) is 17.9. The molecule has 1 amide bonds. The number of rotatable bonds is 3. The van der Waals surface area contributed by atoms with E-state index in [1.165, 1.54) is 0 Å². The van der Waals surface area contributed by atoms with Crippen molar-refractivity contribution in [3.05, 3.63) is 60.0 Å². The second-order valence-electron chi connectivity index (χ2n) is 6.65. The Labute approximate surface area is 152 Å². The average Bonchev–Trinajstić information content (AvgIpc) is 2.69. The number of aromatic nitrogens is 3. The number of aryl methyl sites for hydroxylation is 1. The van der Waals surface area contributed by atoms with Gasteiger partial charge >= 0.3 is 0 Å². The predicted molar refractivity (Wildman–Crippen MR) is 101 cm³/mol. The topological polar surface area (TPSA) is 71.0 Å². The molecule has 0 saturated carbocycles. The normalized spacial score (nSPS) is 17.3. The van der Waals surface area contributed by atoms with Gasteiger partial charge in [-0.3, -0.25) is 9.78 Å². The lowest BCUT2D eigenvalue weighted by Crippen LogP contribution is -2.48. The molecule has 1 N–H and O–H groups in total. The molecular formula is C20H21N5O. The Balaban J connectivity index is 1.54. The number of hydrogen-bond donors (Lipinski definition) is 1. The van der Waals surface area contributed by atoms with Gasteiger partial charge in [0.2, 0.25) is 0 Å². The maximum absolute atomic E-state index is 12.4. The van der Waals surface area contributed by atoms with Gasteiger partial charge in [0.05, 0.1) is 11.3 Å². The van der Waals surface area contributed by atoms with Crippen molar-refractivity contribution in [1.29, 1.82) is 0 Å². The van der Waals surface area contributed by atoms with E-state index in [1.807, 2.05) is 19.1 Å². The van der Waals surface area contributed by atoms with Crippen LogP contribution in [0.2, 0.25) is 0 Å². The Morgan fingerprint density at radius 2 is 2.00 bits per heavy atom. The molecule has 1 saturated heterocycles. The average molecular weight is 347 g/mol. The Morgan fingerprint density at radius 3 is 2.81 bits per heavy atom. The first-order valence-corrected chi connectivity index (χ1v) is 8.90. The number of piperidine rings is 1. The molecule has 3 heterocycles. The van der Waals surface area contributed by atoms with Crippen molar-refractivity contribution in [1.82, 2.24) is 20.5 Å². The minimum Gasteiger partial charge on any atom is -0.353 e. The van der Waals surface area contributed by atoms with E-state index >= 15 is 0 Å². The van der Waals surface area contributed by atoms with Crippen molar-refractivity contribution >= 4 is 22.5 Å². The first kappa shape index (κ1) is 16.4. The molecule has 1 aromatic carbocycles. The molecule has 0 aliphatic carbocycles. The van der Waals surface area contributed by atoms with Crippen LogP contribution in [-0.4, -0.2) is 40.2 Å². The lowest BCUT2D eigenvalue weighted by atomic mass is 10.0. The molecular weight excluding hydrogens is 326 g/mol. The highest BCUT2D eigenvalue weighted by Crippen LogP contribution is 2.27. The van der Waals surface area contributed by atoms with Gasteiger partial charge in [-0.25, -0.2) is 0 Å². The van der Waals surface area contributed by atoms with Crippen molar-refractivity contribution in [3.8, 4) is 0 Å². The van der Waals surface area contributed by atoms with E-state index in [4.69, 9.17) is 0 Å². The molecule has 1 fully saturated rings. The van der Waals surface area contributed by atoms with Gasteiger partial charge in [-0.05, 0) is 31.9 Å². The lowest BCUT2D eigenvalue weighted by Gasteiger charge is -2.34. The minimum atomic E-state index is -0.0789. The fourth-order valence-corrected chi connectivity index (χ4v) is 3.51. The van der Waals surface area contributed by atoms with E-state index in [0.29, 0.717) is 5.56 Å². The molecule has 0 radical (unpaired) electrons. The van der Waals surface area contributed by atoms with Gasteiger partial charge in [0.25, 0.3) is 5.91 Å². The summed E-state index contributed by atoms with van der Waals surface area (Å²) in [5.41, 5.74) is 1.52. The summed E-state index contributed by atoms with van der Waals surface area (Å²) in [5, 5.41) is 14.1. The highest BCUT2D eigenvalue weighted by atomic mass is 16.1. The Bertz CT molecular complexity index is 928. The second kappa shape index (κ2) is 7.07. The molecule has 1 atom stereocenters. The summed E-state index contributed by atoms with van der Waals surface area (Å²) in [5.74, 6) is 0.816. The van der Waals surface area contributed by atoms with E-state index in [1.54, 1.807) is 24.5 Å². The highest BCUT2D eigenvalue weighted by molar-refractivity contribution is 5.94. The van der Waals surface area contributed by atoms with E-state index in [-0.39, 0.29) is 11.9 Å². The zero-order valence-electron chi connectivity index (χ0n) is 14.7. The summed E-state index contributed by atoms with van der Waals surface area (Å²) in [6, 6.07) is 11.8. The highest BCUT2D eigenvalue weighted by Gasteiger charge is 2.24. The first-order valence-electron chi connectivity index (χ1n) is 8.90. The number of fused-ring (bicyclic) bond motifs is 1. The van der Waals surface area contributed by atoms with Gasteiger partial charge in [0.1, 0.15) is 0 Å². The lowest BCUT2D eigenvalue weighted by molar-refractivity contribution is 0.0933. The molecule has 3 aromatic rings. The van der Waals surface area contributed by atoms with Crippen LogP contribution in [0.5, 0.6) is 0 Å². The molecule has 6 nitrogen and oxygen atoms in total. The van der Waals surface area contributed by atoms with Crippen molar-refractivity contribution in [2.24, 2.45) is 0 Å². The van der Waals surface area contributed by atoms with Crippen LogP contribution in [0.4, 0.5) is 5.82 Å². The molecule has 1 unspecified atom stereocenters. The number of anilines is 1. The second-order valence-corrected chi connectivity index (χ2v) is 6.65. The van der Waals surface area contributed by atoms with Gasteiger partial charge in [0, 0.05) is 42.3 Å². The minimum absolute atomic E-state index is 0.0789. The third-order valence-electron chi connectivity index (χ3n) is 4.83. The summed E-state index contributed by atoms with van der Waals surface area (Å²) in [4.78, 5) is 18.7. The quantitative estimate of drug-likeness (QED) is 0.789. The standard InChI is InChI=1S/C20H21N5O/c1-14-17-8-2-3-9-18(17)19(24-23-14)25-11-5-7-16(13-25)22-20(26)15-6-4-10-21-12-15/h2-4,6,8-10,12,16H,5,7,11,13H2,1H3,(H,22,26). The fourth-order valence-electron chi connectivity index (χ4n) is 3.51. The number of pyridine rings is 1. The Hall–Kier alpha value is -3.02. The van der Waals surface area contributed by atoms with Gasteiger partial charge < -0.3 is 10.2 Å². The number of nitrogens with zero attached hydrogens (tertiary/aromatic N) is 4. The number of nitrogens with one attached hydrogen (secondary N) is 1. The van der Waals surface area contributed by atoms with Crippen LogP contribution in [0.3, 0.4) is 0 Å². The number of benzene rings is 1. The van der Waals surface area contributed by atoms with Crippen molar-refractivity contribution in [3.63, 3.8) is 0 Å². The van der Waals surface area contributed by atoms with Gasteiger partial charge in [-0.2, -0.15) is 5.10 Å². The van der Waals surface area contributed by atoms with E-state index in [2.05, 4.69) is 37.5 Å². The van der Waals surface area contributed by atoms with Crippen molar-refractivity contribution in [2.45, 2.75) is 25.8 Å². The summed E-state index contributed by atoms with van der Waals surface area (Å²) in [6.45, 7) is 3.63. The monoisotopic (exact) mass is 347 g/mol. The SMILES string of the molecule is Cc1nnc(N2CCCC(NC(=O)c3cccnc3)C2)c2ccccc12. The van der Waals surface area contributed by atoms with Crippen LogP contribution in [-0.2, 0) is 0 Å². The van der Waals surface area contributed by atoms with Gasteiger partial charge in [-0.15, -0.1) is 5.10 Å². The van der Waals surface area contributed by atoms with Crippen LogP contribution in [0.15, 0.2) is 48.8 Å². The van der Waals surface area contributed by atoms with Crippen LogP contribution in [0, 0.1) is 6.92 Å². The van der Waals surface area contributed by atoms with E-state index in [0.717, 1.165) is 48.2 Å². The maximum atomic E-state index is 12.4. The van der Waals surface area contributed by atoms with Gasteiger partial charge in [-0.1, -0.05) is 24.3 Å². The summed E-state index contributed by atoms with van der Waals surface area (Å²) in [7, 11) is 0. The summed E-state index contributed by atoms with van der Waals surface area (Å²) in [6.07, 6.45) is 5.22. The molecule has 1 aliphatic rings. The first-order chi connectivity index (χ1) is 12.7. The summed E-state index contributed by atoms with van der Waals surface area (Å²) >= 11 is 0. The molecule has 2 aromatic heterocycles. The van der Waals surface area contributed by atoms with Crippen molar-refractivity contribution < 1.29 is 4.79 Å². The van der Waals surface area contributed by atoms with E-state index in [9.17, 15) is 4.79 Å². The molecule has 132 valence electrons. The third kappa shape index (κ3) is 3.22. The maximum Gasteiger partial charge on any atom is 0.253 e. The van der Waals surface area contributed by atoms with Crippen LogP contribution in [0.25, 0.3) is 10.8 Å². The predicted octanol–water partition coefficient (Wildman–Crippen LogP) is 2.73. The fraction of sp³-hybridized carbons (Fsp3) is 0.300. The Morgan fingerprint density at radius 1 is 1.15 bits per heavy atom.